The van der Waals surface area contributed by atoms with Gasteiger partial charge >= 0.3 is 0 Å². The third-order valence-electron chi connectivity index (χ3n) is 1.92. The first-order chi connectivity index (χ1) is 7.33. The van der Waals surface area contributed by atoms with Crippen LogP contribution >= 0.6 is 0 Å². The first-order valence-corrected chi connectivity index (χ1v) is 5.32. The second-order valence-electron chi connectivity index (χ2n) is 3.54. The average molecular weight is 216 g/mol. The summed E-state index contributed by atoms with van der Waals surface area (Å²) in [4.78, 5) is 0. The summed E-state index contributed by atoms with van der Waals surface area (Å²) in [7, 11) is 0. The van der Waals surface area contributed by atoms with E-state index in [0.29, 0.717) is 39.1 Å². The van der Waals surface area contributed by atoms with Crippen LogP contribution < -0.4 is 0 Å². The van der Waals surface area contributed by atoms with Crippen molar-refractivity contribution in [1.82, 2.24) is 0 Å². The Morgan fingerprint density at radius 3 is 2.93 bits per heavy atom. The van der Waals surface area contributed by atoms with Crippen molar-refractivity contribution in [1.29, 1.82) is 0 Å². The van der Waals surface area contributed by atoms with Gasteiger partial charge in [-0.1, -0.05) is 6.08 Å². The van der Waals surface area contributed by atoms with Crippen molar-refractivity contribution in [3.8, 4) is 0 Å². The molecule has 0 saturated carbocycles. The van der Waals surface area contributed by atoms with Gasteiger partial charge in [-0.05, 0) is 6.92 Å². The van der Waals surface area contributed by atoms with Crippen LogP contribution in [0.1, 0.15) is 6.92 Å². The molecule has 0 aromatic rings. The molecule has 15 heavy (non-hydrogen) atoms. The second kappa shape index (κ2) is 7.82. The van der Waals surface area contributed by atoms with Gasteiger partial charge in [0.05, 0.1) is 45.7 Å². The Hall–Kier alpha value is -0.420. The van der Waals surface area contributed by atoms with Crippen LogP contribution in [0.2, 0.25) is 0 Å². The van der Waals surface area contributed by atoms with Crippen LogP contribution in [0.4, 0.5) is 0 Å². The SMILES string of the molecule is C=CCOCC(C)OCCOCC1CO1. The fourth-order valence-electron chi connectivity index (χ4n) is 1.05. The number of hydrogen-bond acceptors (Lipinski definition) is 4. The molecule has 88 valence electrons. The molecule has 0 radical (unpaired) electrons. The Morgan fingerprint density at radius 1 is 1.47 bits per heavy atom. The number of rotatable bonds is 10. The van der Waals surface area contributed by atoms with Crippen molar-refractivity contribution < 1.29 is 18.9 Å². The molecule has 1 fully saturated rings. The highest BCUT2D eigenvalue weighted by Crippen LogP contribution is 2.08. The molecule has 1 rings (SSSR count). The third kappa shape index (κ3) is 7.50. The summed E-state index contributed by atoms with van der Waals surface area (Å²) in [6.45, 7) is 9.46. The Kier molecular flexibility index (Phi) is 6.59. The molecule has 1 saturated heterocycles. The lowest BCUT2D eigenvalue weighted by atomic mass is 10.4. The highest BCUT2D eigenvalue weighted by Gasteiger charge is 2.21. The van der Waals surface area contributed by atoms with Crippen molar-refractivity contribution in [3.05, 3.63) is 12.7 Å². The monoisotopic (exact) mass is 216 g/mol. The summed E-state index contributed by atoms with van der Waals surface area (Å²) in [5.41, 5.74) is 0. The lowest BCUT2D eigenvalue weighted by Crippen LogP contribution is -2.19. The summed E-state index contributed by atoms with van der Waals surface area (Å²) in [6.07, 6.45) is 2.16. The van der Waals surface area contributed by atoms with Gasteiger partial charge in [-0.25, -0.2) is 0 Å². The molecule has 0 spiro atoms. The summed E-state index contributed by atoms with van der Waals surface area (Å²) < 4.78 is 21.0. The fraction of sp³-hybridized carbons (Fsp3) is 0.818. The molecular formula is C11H20O4. The maximum absolute atomic E-state index is 5.47. The Balaban J connectivity index is 1.78. The van der Waals surface area contributed by atoms with Crippen LogP contribution in [-0.2, 0) is 18.9 Å². The molecule has 4 nitrogen and oxygen atoms in total. The van der Waals surface area contributed by atoms with Crippen LogP contribution in [0.5, 0.6) is 0 Å². The molecule has 0 N–H and O–H groups in total. The van der Waals surface area contributed by atoms with Crippen molar-refractivity contribution in [2.24, 2.45) is 0 Å². The predicted molar refractivity (Wildman–Crippen MR) is 57.0 cm³/mol. The standard InChI is InChI=1S/C11H20O4/c1-3-4-12-7-10(2)14-6-5-13-8-11-9-15-11/h3,10-11H,1,4-9H2,2H3. The zero-order chi connectivity index (χ0) is 10.9. The van der Waals surface area contributed by atoms with Gasteiger partial charge < -0.3 is 18.9 Å². The van der Waals surface area contributed by atoms with Gasteiger partial charge in [0.25, 0.3) is 0 Å². The lowest BCUT2D eigenvalue weighted by Gasteiger charge is -2.12. The molecule has 2 atom stereocenters. The van der Waals surface area contributed by atoms with Crippen LogP contribution in [0.3, 0.4) is 0 Å². The first-order valence-electron chi connectivity index (χ1n) is 5.32. The predicted octanol–water partition coefficient (Wildman–Crippen LogP) is 1.01. The molecule has 0 amide bonds. The van der Waals surface area contributed by atoms with E-state index in [1.807, 2.05) is 6.92 Å². The summed E-state index contributed by atoms with van der Waals surface area (Å²) >= 11 is 0. The Morgan fingerprint density at radius 2 is 2.27 bits per heavy atom. The van der Waals surface area contributed by atoms with E-state index in [4.69, 9.17) is 18.9 Å². The highest BCUT2D eigenvalue weighted by atomic mass is 16.6. The summed E-state index contributed by atoms with van der Waals surface area (Å²) in [5, 5.41) is 0. The lowest BCUT2D eigenvalue weighted by molar-refractivity contribution is -0.0265. The molecule has 0 aromatic heterocycles. The highest BCUT2D eigenvalue weighted by molar-refractivity contribution is 4.67. The van der Waals surface area contributed by atoms with Crippen LogP contribution in [0, 0.1) is 0 Å². The van der Waals surface area contributed by atoms with E-state index < -0.39 is 0 Å². The zero-order valence-corrected chi connectivity index (χ0v) is 9.31. The largest absolute Gasteiger partial charge is 0.376 e. The fourth-order valence-corrected chi connectivity index (χ4v) is 1.05. The Labute approximate surface area is 91.1 Å². The summed E-state index contributed by atoms with van der Waals surface area (Å²) in [6, 6.07) is 0. The van der Waals surface area contributed by atoms with E-state index in [0.717, 1.165) is 6.61 Å². The third-order valence-corrected chi connectivity index (χ3v) is 1.92. The van der Waals surface area contributed by atoms with Crippen LogP contribution in [0.25, 0.3) is 0 Å². The molecule has 0 bridgehead atoms. The maximum atomic E-state index is 5.47. The van der Waals surface area contributed by atoms with Crippen molar-refractivity contribution >= 4 is 0 Å². The molecular weight excluding hydrogens is 196 g/mol. The van der Waals surface area contributed by atoms with Crippen LogP contribution in [-0.4, -0.2) is 51.8 Å². The molecule has 0 aromatic carbocycles. The molecule has 1 aliphatic rings. The van der Waals surface area contributed by atoms with E-state index >= 15 is 0 Å². The van der Waals surface area contributed by atoms with Gasteiger partial charge in [-0.15, -0.1) is 6.58 Å². The smallest absolute Gasteiger partial charge is 0.104 e. The van der Waals surface area contributed by atoms with E-state index in [1.165, 1.54) is 0 Å². The van der Waals surface area contributed by atoms with Gasteiger partial charge in [-0.2, -0.15) is 0 Å². The quantitative estimate of drug-likeness (QED) is 0.310. The van der Waals surface area contributed by atoms with Gasteiger partial charge in [-0.3, -0.25) is 0 Å². The molecule has 4 heteroatoms. The van der Waals surface area contributed by atoms with Gasteiger partial charge in [0.15, 0.2) is 0 Å². The van der Waals surface area contributed by atoms with Gasteiger partial charge in [0.1, 0.15) is 6.10 Å². The minimum Gasteiger partial charge on any atom is -0.376 e. The minimum absolute atomic E-state index is 0.103. The van der Waals surface area contributed by atoms with E-state index in [1.54, 1.807) is 6.08 Å². The normalized spacial score (nSPS) is 21.3. The number of ether oxygens (including phenoxy) is 4. The first kappa shape index (κ1) is 12.6. The Bertz CT molecular complexity index is 168. The molecule has 1 aliphatic heterocycles. The van der Waals surface area contributed by atoms with E-state index in [-0.39, 0.29) is 6.10 Å². The number of epoxide rings is 1. The molecule has 2 unspecified atom stereocenters. The van der Waals surface area contributed by atoms with Gasteiger partial charge in [0.2, 0.25) is 0 Å². The van der Waals surface area contributed by atoms with Gasteiger partial charge in [0, 0.05) is 0 Å². The maximum Gasteiger partial charge on any atom is 0.104 e. The van der Waals surface area contributed by atoms with Crippen LogP contribution in [0.15, 0.2) is 12.7 Å². The van der Waals surface area contributed by atoms with E-state index in [9.17, 15) is 0 Å². The number of hydrogen-bond donors (Lipinski definition) is 0. The second-order valence-corrected chi connectivity index (χ2v) is 3.54. The average Bonchev–Trinajstić information content (AvgIpc) is 3.02. The minimum atomic E-state index is 0.103. The van der Waals surface area contributed by atoms with Crippen molar-refractivity contribution in [3.63, 3.8) is 0 Å². The summed E-state index contributed by atoms with van der Waals surface area (Å²) in [5.74, 6) is 0. The van der Waals surface area contributed by atoms with Crippen molar-refractivity contribution in [2.75, 3.05) is 39.6 Å². The molecule has 0 aliphatic carbocycles. The topological polar surface area (TPSA) is 40.2 Å². The molecule has 1 heterocycles. The van der Waals surface area contributed by atoms with Crippen molar-refractivity contribution in [2.45, 2.75) is 19.1 Å². The zero-order valence-electron chi connectivity index (χ0n) is 9.31. The van der Waals surface area contributed by atoms with E-state index in [2.05, 4.69) is 6.58 Å².